The number of aromatic amines is 1. The van der Waals surface area contributed by atoms with Crippen LogP contribution in [0.3, 0.4) is 0 Å². The van der Waals surface area contributed by atoms with Crippen molar-refractivity contribution >= 4 is 27.6 Å². The molecule has 2 aliphatic heterocycles. The Morgan fingerprint density at radius 2 is 1.97 bits per heavy atom. The average Bonchev–Trinajstić information content (AvgIpc) is 3.34. The number of piperazine rings is 1. The molecule has 4 heterocycles. The van der Waals surface area contributed by atoms with Crippen molar-refractivity contribution in [2.24, 2.45) is 0 Å². The Morgan fingerprint density at radius 3 is 2.82 bits per heavy atom. The van der Waals surface area contributed by atoms with Crippen LogP contribution in [0.15, 0.2) is 59.5 Å². The SMILES string of the molecule is Cc1ccc2[nH]ncc2c1-c1cc2c3c(nc(=O)n(-c4ccccc4C(C)C)c3c1)N1C[C@@H](C)NC[C@H]1CO2. The van der Waals surface area contributed by atoms with Crippen molar-refractivity contribution < 1.29 is 4.74 Å². The van der Waals surface area contributed by atoms with Gasteiger partial charge in [0, 0.05) is 24.5 Å². The second-order valence-corrected chi connectivity index (χ2v) is 11.2. The lowest BCUT2D eigenvalue weighted by molar-refractivity contribution is 0.263. The monoisotopic (exact) mass is 520 g/mol. The summed E-state index contributed by atoms with van der Waals surface area (Å²) in [6, 6.07) is 16.9. The molecule has 0 radical (unpaired) electrons. The summed E-state index contributed by atoms with van der Waals surface area (Å²) in [5, 5.41) is 12.9. The molecule has 2 N–H and O–H groups in total. The Bertz CT molecular complexity index is 1800. The van der Waals surface area contributed by atoms with Gasteiger partial charge < -0.3 is 15.0 Å². The molecule has 7 rings (SSSR count). The van der Waals surface area contributed by atoms with Gasteiger partial charge in [0.15, 0.2) is 0 Å². The number of benzene rings is 3. The van der Waals surface area contributed by atoms with E-state index in [2.05, 4.69) is 78.4 Å². The Labute approximate surface area is 226 Å². The molecule has 0 unspecified atom stereocenters. The quantitative estimate of drug-likeness (QED) is 0.351. The van der Waals surface area contributed by atoms with Crippen LogP contribution in [0.2, 0.25) is 0 Å². The Balaban J connectivity index is 1.60. The molecule has 1 fully saturated rings. The fourth-order valence-corrected chi connectivity index (χ4v) is 6.24. The maximum atomic E-state index is 14.0. The van der Waals surface area contributed by atoms with E-state index < -0.39 is 0 Å². The van der Waals surface area contributed by atoms with Gasteiger partial charge in [-0.2, -0.15) is 10.1 Å². The molecule has 2 aliphatic rings. The predicted molar refractivity (Wildman–Crippen MR) is 155 cm³/mol. The van der Waals surface area contributed by atoms with Crippen molar-refractivity contribution in [3.8, 4) is 22.6 Å². The van der Waals surface area contributed by atoms with Gasteiger partial charge in [-0.1, -0.05) is 38.1 Å². The van der Waals surface area contributed by atoms with Crippen LogP contribution in [0.25, 0.3) is 38.6 Å². The van der Waals surface area contributed by atoms with Crippen LogP contribution in [0.5, 0.6) is 5.75 Å². The van der Waals surface area contributed by atoms with Crippen LogP contribution in [0, 0.1) is 6.92 Å². The van der Waals surface area contributed by atoms with Gasteiger partial charge in [-0.3, -0.25) is 9.67 Å². The van der Waals surface area contributed by atoms with E-state index in [9.17, 15) is 4.79 Å². The first-order chi connectivity index (χ1) is 18.9. The maximum absolute atomic E-state index is 14.0. The standard InChI is InChI=1S/C31H32N6O2/c1-17(2)22-7-5-6-8-25(22)37-26-11-20(28-18(3)9-10-24-23(28)14-33-35-24)12-27-29(26)30(34-31(37)38)36-15-19(4)32-13-21(36)16-39-27/h5-12,14,17,19,21,32H,13,15-16H2,1-4H3,(H,33,35)/t19-,21+/m1/s1. The van der Waals surface area contributed by atoms with Gasteiger partial charge in [-0.05, 0) is 66.3 Å². The molecule has 2 atom stereocenters. The number of fused-ring (bicyclic) bond motifs is 3. The van der Waals surface area contributed by atoms with Gasteiger partial charge in [0.25, 0.3) is 0 Å². The summed E-state index contributed by atoms with van der Waals surface area (Å²) in [6.45, 7) is 10.6. The third-order valence-electron chi connectivity index (χ3n) is 8.18. The number of nitrogens with one attached hydrogen (secondary N) is 2. The smallest absolute Gasteiger partial charge is 0.354 e. The number of aromatic nitrogens is 4. The molecule has 0 aliphatic carbocycles. The maximum Gasteiger partial charge on any atom is 0.354 e. The second kappa shape index (κ2) is 8.95. The van der Waals surface area contributed by atoms with E-state index in [1.54, 1.807) is 4.57 Å². The molecule has 39 heavy (non-hydrogen) atoms. The summed E-state index contributed by atoms with van der Waals surface area (Å²) < 4.78 is 8.35. The fraction of sp³-hybridized carbons (Fsp3) is 0.323. The zero-order valence-corrected chi connectivity index (χ0v) is 22.7. The Kier molecular flexibility index (Phi) is 5.49. The van der Waals surface area contributed by atoms with Crippen LogP contribution in [0.1, 0.15) is 37.8 Å². The van der Waals surface area contributed by atoms with Crippen LogP contribution in [-0.2, 0) is 0 Å². The highest BCUT2D eigenvalue weighted by Crippen LogP contribution is 2.42. The van der Waals surface area contributed by atoms with Gasteiger partial charge in [-0.15, -0.1) is 0 Å². The summed E-state index contributed by atoms with van der Waals surface area (Å²) in [5.74, 6) is 1.70. The number of aryl methyl sites for hydroxylation is 1. The third-order valence-corrected chi connectivity index (χ3v) is 8.18. The second-order valence-electron chi connectivity index (χ2n) is 11.2. The van der Waals surface area contributed by atoms with Crippen LogP contribution >= 0.6 is 0 Å². The van der Waals surface area contributed by atoms with Gasteiger partial charge in [0.05, 0.1) is 34.3 Å². The van der Waals surface area contributed by atoms with Gasteiger partial charge in [0.1, 0.15) is 18.2 Å². The lowest BCUT2D eigenvalue weighted by Crippen LogP contribution is -2.57. The molecular weight excluding hydrogens is 488 g/mol. The molecule has 3 aromatic carbocycles. The third kappa shape index (κ3) is 3.73. The fourth-order valence-electron chi connectivity index (χ4n) is 6.24. The zero-order valence-electron chi connectivity index (χ0n) is 22.7. The van der Waals surface area contributed by atoms with Gasteiger partial charge >= 0.3 is 5.69 Å². The number of hydrogen-bond acceptors (Lipinski definition) is 6. The van der Waals surface area contributed by atoms with E-state index in [1.807, 2.05) is 24.4 Å². The number of rotatable bonds is 3. The summed E-state index contributed by atoms with van der Waals surface area (Å²) >= 11 is 0. The molecule has 198 valence electrons. The van der Waals surface area contributed by atoms with Crippen molar-refractivity contribution in [2.45, 2.75) is 45.7 Å². The molecule has 0 saturated carbocycles. The molecule has 0 bridgehead atoms. The minimum atomic E-state index is -0.279. The van der Waals surface area contributed by atoms with Gasteiger partial charge in [0.2, 0.25) is 0 Å². The van der Waals surface area contributed by atoms with E-state index >= 15 is 0 Å². The molecule has 0 amide bonds. The highest BCUT2D eigenvalue weighted by atomic mass is 16.5. The normalized spacial score (nSPS) is 18.8. The van der Waals surface area contributed by atoms with Crippen molar-refractivity contribution in [1.29, 1.82) is 0 Å². The first kappa shape index (κ1) is 23.9. The minimum absolute atomic E-state index is 0.0880. The topological polar surface area (TPSA) is 88.1 Å². The summed E-state index contributed by atoms with van der Waals surface area (Å²) in [4.78, 5) is 21.1. The average molecular weight is 521 g/mol. The molecule has 8 nitrogen and oxygen atoms in total. The first-order valence-electron chi connectivity index (χ1n) is 13.7. The number of anilines is 1. The molecular formula is C31H32N6O2. The highest BCUT2D eigenvalue weighted by Gasteiger charge is 2.34. The number of nitrogens with zero attached hydrogens (tertiary/aromatic N) is 4. The predicted octanol–water partition coefficient (Wildman–Crippen LogP) is 4.92. The number of para-hydroxylation sites is 1. The summed E-state index contributed by atoms with van der Waals surface area (Å²) in [6.07, 6.45) is 1.87. The Morgan fingerprint density at radius 1 is 1.13 bits per heavy atom. The first-order valence-corrected chi connectivity index (χ1v) is 13.7. The zero-order chi connectivity index (χ0) is 26.8. The van der Waals surface area contributed by atoms with E-state index in [0.717, 1.165) is 68.6 Å². The summed E-state index contributed by atoms with van der Waals surface area (Å²) in [7, 11) is 0. The van der Waals surface area contributed by atoms with Crippen LogP contribution in [0.4, 0.5) is 5.82 Å². The van der Waals surface area contributed by atoms with Crippen molar-refractivity contribution in [3.63, 3.8) is 0 Å². The number of ether oxygens (including phenoxy) is 1. The minimum Gasteiger partial charge on any atom is -0.491 e. The van der Waals surface area contributed by atoms with Crippen LogP contribution < -0.4 is 20.6 Å². The van der Waals surface area contributed by atoms with Gasteiger partial charge in [-0.25, -0.2) is 4.79 Å². The van der Waals surface area contributed by atoms with Crippen molar-refractivity contribution in [1.82, 2.24) is 25.1 Å². The summed E-state index contributed by atoms with van der Waals surface area (Å²) in [5.41, 5.74) is 6.64. The van der Waals surface area contributed by atoms with E-state index in [-0.39, 0.29) is 23.7 Å². The molecule has 5 aromatic rings. The molecule has 1 saturated heterocycles. The lowest BCUT2D eigenvalue weighted by atomic mass is 9.95. The van der Waals surface area contributed by atoms with E-state index in [0.29, 0.717) is 12.4 Å². The molecule has 8 heteroatoms. The lowest BCUT2D eigenvalue weighted by Gasteiger charge is -2.38. The molecule has 2 aromatic heterocycles. The molecule has 0 spiro atoms. The van der Waals surface area contributed by atoms with E-state index in [1.165, 1.54) is 0 Å². The number of H-pyrrole nitrogens is 1. The van der Waals surface area contributed by atoms with Crippen molar-refractivity contribution in [2.75, 3.05) is 24.6 Å². The van der Waals surface area contributed by atoms with E-state index in [4.69, 9.17) is 9.72 Å². The van der Waals surface area contributed by atoms with Crippen LogP contribution in [-0.4, -0.2) is 51.5 Å². The largest absolute Gasteiger partial charge is 0.491 e. The highest BCUT2D eigenvalue weighted by molar-refractivity contribution is 6.03. The van der Waals surface area contributed by atoms with Crippen molar-refractivity contribution in [3.05, 3.63) is 76.3 Å². The number of hydrogen-bond donors (Lipinski definition) is 2. The Hall–Kier alpha value is -4.17.